The monoisotopic (exact) mass is 422 g/mol. The summed E-state index contributed by atoms with van der Waals surface area (Å²) in [5.74, 6) is -0.0606. The summed E-state index contributed by atoms with van der Waals surface area (Å²) in [6.45, 7) is 4.72. The van der Waals surface area contributed by atoms with Crippen molar-refractivity contribution < 1.29 is 17.9 Å². The number of benzene rings is 2. The average molecular weight is 423 g/mol. The van der Waals surface area contributed by atoms with Crippen molar-refractivity contribution in [3.8, 4) is 5.75 Å². The van der Waals surface area contributed by atoms with Crippen LogP contribution in [0.2, 0.25) is 5.02 Å². The molecule has 0 aromatic heterocycles. The molecule has 150 valence electrons. The van der Waals surface area contributed by atoms with Gasteiger partial charge in [-0.3, -0.25) is 4.79 Å². The van der Waals surface area contributed by atoms with E-state index in [-0.39, 0.29) is 28.2 Å². The van der Waals surface area contributed by atoms with Gasteiger partial charge in [0, 0.05) is 18.8 Å². The smallest absolute Gasteiger partial charge is 0.262 e. The van der Waals surface area contributed by atoms with Gasteiger partial charge in [0.25, 0.3) is 5.91 Å². The number of halogens is 1. The molecule has 0 atom stereocenters. The number of carbonyl (C=O) groups excluding carboxylic acids is 1. The van der Waals surface area contributed by atoms with Gasteiger partial charge in [0.05, 0.1) is 9.92 Å². The van der Waals surface area contributed by atoms with Crippen molar-refractivity contribution in [2.45, 2.75) is 31.6 Å². The Morgan fingerprint density at radius 2 is 1.86 bits per heavy atom. The Morgan fingerprint density at radius 3 is 2.50 bits per heavy atom. The van der Waals surface area contributed by atoms with Crippen molar-refractivity contribution in [2.75, 3.05) is 25.0 Å². The van der Waals surface area contributed by atoms with E-state index in [4.69, 9.17) is 16.3 Å². The molecular weight excluding hydrogens is 400 g/mol. The average Bonchev–Trinajstić information content (AvgIpc) is 3.18. The Morgan fingerprint density at radius 1 is 1.14 bits per heavy atom. The second kappa shape index (κ2) is 8.51. The molecule has 28 heavy (non-hydrogen) atoms. The van der Waals surface area contributed by atoms with Crippen LogP contribution < -0.4 is 10.1 Å². The number of ether oxygens (including phenoxy) is 1. The number of anilines is 1. The Hall–Kier alpha value is -2.09. The molecule has 2 aromatic rings. The lowest BCUT2D eigenvalue weighted by Crippen LogP contribution is -2.27. The van der Waals surface area contributed by atoms with E-state index in [0.717, 1.165) is 29.7 Å². The molecule has 0 unspecified atom stereocenters. The lowest BCUT2D eigenvalue weighted by atomic mass is 10.1. The van der Waals surface area contributed by atoms with Crippen molar-refractivity contribution in [3.63, 3.8) is 0 Å². The van der Waals surface area contributed by atoms with Gasteiger partial charge in [0.15, 0.2) is 6.61 Å². The van der Waals surface area contributed by atoms with Gasteiger partial charge < -0.3 is 10.1 Å². The van der Waals surface area contributed by atoms with E-state index in [1.807, 2.05) is 32.0 Å². The third-order valence-corrected chi connectivity index (χ3v) is 6.81. The lowest BCUT2D eigenvalue weighted by molar-refractivity contribution is -0.118. The Kier molecular flexibility index (Phi) is 6.27. The van der Waals surface area contributed by atoms with Crippen molar-refractivity contribution >= 4 is 33.2 Å². The van der Waals surface area contributed by atoms with E-state index in [2.05, 4.69) is 5.32 Å². The van der Waals surface area contributed by atoms with E-state index in [9.17, 15) is 13.2 Å². The summed E-state index contributed by atoms with van der Waals surface area (Å²) in [5.41, 5.74) is 2.79. The highest BCUT2D eigenvalue weighted by atomic mass is 35.5. The predicted molar refractivity (Wildman–Crippen MR) is 109 cm³/mol. The summed E-state index contributed by atoms with van der Waals surface area (Å²) >= 11 is 6.19. The van der Waals surface area contributed by atoms with Crippen molar-refractivity contribution in [2.24, 2.45) is 0 Å². The zero-order valence-electron chi connectivity index (χ0n) is 15.9. The molecule has 0 bridgehead atoms. The molecule has 0 aliphatic carbocycles. The molecule has 8 heteroatoms. The van der Waals surface area contributed by atoms with Crippen molar-refractivity contribution in [1.29, 1.82) is 0 Å². The summed E-state index contributed by atoms with van der Waals surface area (Å²) < 4.78 is 32.1. The van der Waals surface area contributed by atoms with Gasteiger partial charge in [-0.15, -0.1) is 0 Å². The van der Waals surface area contributed by atoms with Gasteiger partial charge in [-0.25, -0.2) is 8.42 Å². The van der Waals surface area contributed by atoms with Crippen LogP contribution in [-0.4, -0.2) is 38.3 Å². The summed E-state index contributed by atoms with van der Waals surface area (Å²) in [6.07, 6.45) is 1.73. The molecule has 1 fully saturated rings. The number of sulfonamides is 1. The summed E-state index contributed by atoms with van der Waals surface area (Å²) in [5, 5.41) is 2.94. The number of nitrogens with zero attached hydrogens (tertiary/aromatic N) is 1. The molecule has 1 N–H and O–H groups in total. The van der Waals surface area contributed by atoms with Crippen LogP contribution in [-0.2, 0) is 14.8 Å². The fraction of sp³-hybridized carbons (Fsp3) is 0.350. The molecule has 3 rings (SSSR count). The number of amides is 1. The first-order valence-electron chi connectivity index (χ1n) is 9.07. The first-order valence-corrected chi connectivity index (χ1v) is 10.9. The van der Waals surface area contributed by atoms with E-state index < -0.39 is 10.0 Å². The van der Waals surface area contributed by atoms with Crippen LogP contribution in [0.25, 0.3) is 0 Å². The number of hydrogen-bond acceptors (Lipinski definition) is 4. The van der Waals surface area contributed by atoms with E-state index >= 15 is 0 Å². The van der Waals surface area contributed by atoms with Gasteiger partial charge in [0.1, 0.15) is 5.75 Å². The molecule has 1 saturated heterocycles. The highest BCUT2D eigenvalue weighted by Crippen LogP contribution is 2.30. The zero-order valence-corrected chi connectivity index (χ0v) is 17.4. The molecular formula is C20H23ClN2O4S. The van der Waals surface area contributed by atoms with Crippen LogP contribution in [0, 0.1) is 13.8 Å². The molecule has 0 saturated carbocycles. The first kappa shape index (κ1) is 20.6. The molecule has 0 spiro atoms. The van der Waals surface area contributed by atoms with Gasteiger partial charge in [-0.2, -0.15) is 4.31 Å². The van der Waals surface area contributed by atoms with Crippen LogP contribution in [0.15, 0.2) is 41.3 Å². The van der Waals surface area contributed by atoms with E-state index in [1.165, 1.54) is 22.5 Å². The molecule has 0 radical (unpaired) electrons. The van der Waals surface area contributed by atoms with Gasteiger partial charge in [0.2, 0.25) is 10.0 Å². The number of nitrogens with one attached hydrogen (secondary N) is 1. The largest absolute Gasteiger partial charge is 0.482 e. The Bertz CT molecular complexity index is 986. The quantitative estimate of drug-likeness (QED) is 0.769. The number of aryl methyl sites for hydroxylation is 2. The highest BCUT2D eigenvalue weighted by molar-refractivity contribution is 7.89. The molecule has 1 aliphatic heterocycles. The maximum absolute atomic E-state index is 12.6. The minimum absolute atomic E-state index is 0.131. The Balaban J connectivity index is 1.64. The van der Waals surface area contributed by atoms with Gasteiger partial charge in [-0.05, 0) is 56.5 Å². The number of carbonyl (C=O) groups is 1. The molecule has 1 aliphatic rings. The second-order valence-electron chi connectivity index (χ2n) is 6.86. The minimum atomic E-state index is -3.54. The van der Waals surface area contributed by atoms with Gasteiger partial charge in [-0.1, -0.05) is 29.3 Å². The van der Waals surface area contributed by atoms with Crippen LogP contribution in [0.5, 0.6) is 5.75 Å². The maximum atomic E-state index is 12.6. The summed E-state index contributed by atoms with van der Waals surface area (Å²) in [6, 6.07) is 10.0. The fourth-order valence-electron chi connectivity index (χ4n) is 3.12. The minimum Gasteiger partial charge on any atom is -0.482 e. The normalized spacial score (nSPS) is 14.8. The second-order valence-corrected chi connectivity index (χ2v) is 9.20. The molecule has 1 heterocycles. The topological polar surface area (TPSA) is 75.7 Å². The van der Waals surface area contributed by atoms with Crippen LogP contribution in [0.3, 0.4) is 0 Å². The summed E-state index contributed by atoms with van der Waals surface area (Å²) in [7, 11) is -3.54. The third kappa shape index (κ3) is 4.66. The number of rotatable bonds is 6. The molecule has 1 amide bonds. The van der Waals surface area contributed by atoms with Crippen LogP contribution in [0.4, 0.5) is 5.69 Å². The van der Waals surface area contributed by atoms with E-state index in [0.29, 0.717) is 13.1 Å². The maximum Gasteiger partial charge on any atom is 0.262 e. The predicted octanol–water partition coefficient (Wildman–Crippen LogP) is 3.76. The fourth-order valence-corrected chi connectivity index (χ4v) is 4.96. The van der Waals surface area contributed by atoms with Crippen LogP contribution in [0.1, 0.15) is 24.0 Å². The number of hydrogen-bond donors (Lipinski definition) is 1. The Labute approximate surface area is 170 Å². The van der Waals surface area contributed by atoms with Crippen molar-refractivity contribution in [3.05, 3.63) is 52.5 Å². The van der Waals surface area contributed by atoms with Gasteiger partial charge >= 0.3 is 0 Å². The standard InChI is InChI=1S/C20H23ClN2O4S/c1-14-5-7-18(15(2)11-14)22-20(24)13-27-19-8-6-16(12-17(19)21)28(25,26)23-9-3-4-10-23/h5-8,11-12H,3-4,9-10,13H2,1-2H3,(H,22,24). The first-order chi connectivity index (χ1) is 13.3. The molecule has 6 nitrogen and oxygen atoms in total. The lowest BCUT2D eigenvalue weighted by Gasteiger charge is -2.16. The third-order valence-electron chi connectivity index (χ3n) is 4.62. The molecule has 2 aromatic carbocycles. The SMILES string of the molecule is Cc1ccc(NC(=O)COc2ccc(S(=O)(=O)N3CCCC3)cc2Cl)c(C)c1. The van der Waals surface area contributed by atoms with Crippen molar-refractivity contribution in [1.82, 2.24) is 4.31 Å². The van der Waals surface area contributed by atoms with Crippen LogP contribution >= 0.6 is 11.6 Å². The highest BCUT2D eigenvalue weighted by Gasteiger charge is 2.27. The van der Waals surface area contributed by atoms with E-state index in [1.54, 1.807) is 0 Å². The summed E-state index contributed by atoms with van der Waals surface area (Å²) in [4.78, 5) is 12.3. The zero-order chi connectivity index (χ0) is 20.3.